The van der Waals surface area contributed by atoms with E-state index in [2.05, 4.69) is 20.9 Å². The van der Waals surface area contributed by atoms with E-state index in [0.29, 0.717) is 18.2 Å². The molecule has 2 N–H and O–H groups in total. The number of hydrogen-bond acceptors (Lipinski definition) is 6. The average Bonchev–Trinajstić information content (AvgIpc) is 2.74. The van der Waals surface area contributed by atoms with Gasteiger partial charge in [0.1, 0.15) is 34.6 Å². The minimum absolute atomic E-state index is 0.240. The van der Waals surface area contributed by atoms with E-state index in [1.165, 1.54) is 0 Å². The number of esters is 1. The number of pyridine rings is 1. The topological polar surface area (TPSA) is 106 Å². The van der Waals surface area contributed by atoms with Gasteiger partial charge in [-0.3, -0.25) is 4.72 Å². The van der Waals surface area contributed by atoms with Crippen LogP contribution in [0.5, 0.6) is 5.75 Å². The number of sulfonamides is 1. The molecule has 3 aromatic rings. The molecular formula is C20H10BrF5N2O5S. The standard InChI is InChI=1S/C20H10BrF5N2O5S/c21-11-3-8-4-16(18(11)29)34(31,32)28-14-5-10(12(22)6-13(14)23)9-1-2-17(20(24,25)26)27-15(9)7-33-19(8)30/h1-6,28-29H,7H2. The van der Waals surface area contributed by atoms with E-state index in [9.17, 15) is 40.3 Å². The number of phenolic OH excluding ortho intramolecular Hbond substituents is 1. The quantitative estimate of drug-likeness (QED) is 0.294. The highest BCUT2D eigenvalue weighted by molar-refractivity contribution is 9.10. The molecule has 14 heteroatoms. The van der Waals surface area contributed by atoms with Crippen LogP contribution in [0.4, 0.5) is 27.6 Å². The van der Waals surface area contributed by atoms with Crippen LogP contribution in [0.2, 0.25) is 0 Å². The number of carbonyl (C=O) groups excluding carboxylic acids is 1. The highest BCUT2D eigenvalue weighted by Gasteiger charge is 2.34. The Balaban J connectivity index is 2.01. The van der Waals surface area contributed by atoms with Crippen LogP contribution in [0.25, 0.3) is 11.1 Å². The molecule has 34 heavy (non-hydrogen) atoms. The minimum atomic E-state index is -4.88. The van der Waals surface area contributed by atoms with E-state index < -0.39 is 79.3 Å². The number of fused-ring (bicyclic) bond motifs is 6. The molecule has 7 nitrogen and oxygen atoms in total. The van der Waals surface area contributed by atoms with Crippen LogP contribution in [-0.4, -0.2) is 24.5 Å². The van der Waals surface area contributed by atoms with Gasteiger partial charge in [0.05, 0.1) is 21.4 Å². The summed E-state index contributed by atoms with van der Waals surface area (Å²) in [6.07, 6.45) is -4.88. The van der Waals surface area contributed by atoms with Crippen LogP contribution in [0, 0.1) is 11.6 Å². The molecule has 0 aliphatic carbocycles. The van der Waals surface area contributed by atoms with Crippen molar-refractivity contribution >= 4 is 37.6 Å². The smallest absolute Gasteiger partial charge is 0.433 e. The highest BCUT2D eigenvalue weighted by atomic mass is 79.9. The molecule has 0 spiro atoms. The Morgan fingerprint density at radius 3 is 2.44 bits per heavy atom. The molecule has 0 atom stereocenters. The van der Waals surface area contributed by atoms with Gasteiger partial charge in [-0.05, 0) is 40.2 Å². The van der Waals surface area contributed by atoms with Crippen molar-refractivity contribution < 1.29 is 45.0 Å². The first kappa shape index (κ1) is 23.9. The van der Waals surface area contributed by atoms with Crippen LogP contribution in [0.1, 0.15) is 21.7 Å². The molecular weight excluding hydrogens is 555 g/mol. The van der Waals surface area contributed by atoms with Gasteiger partial charge in [0.15, 0.2) is 0 Å². The summed E-state index contributed by atoms with van der Waals surface area (Å²) in [7, 11) is -4.74. The van der Waals surface area contributed by atoms with Gasteiger partial charge in [0, 0.05) is 17.2 Å². The van der Waals surface area contributed by atoms with Crippen LogP contribution < -0.4 is 4.72 Å². The first-order chi connectivity index (χ1) is 15.8. The predicted octanol–water partition coefficient (Wildman–Crippen LogP) is 4.98. The molecule has 1 aromatic heterocycles. The summed E-state index contributed by atoms with van der Waals surface area (Å²) in [5.74, 6) is -4.58. The summed E-state index contributed by atoms with van der Waals surface area (Å²) in [6.45, 7) is -0.863. The lowest BCUT2D eigenvalue weighted by atomic mass is 10.0. The van der Waals surface area contributed by atoms with Gasteiger partial charge in [-0.15, -0.1) is 0 Å². The molecule has 0 saturated heterocycles. The third-order valence-electron chi connectivity index (χ3n) is 4.75. The molecule has 1 aliphatic rings. The maximum absolute atomic E-state index is 14.6. The number of aromatic nitrogens is 1. The number of nitrogens with one attached hydrogen (secondary N) is 1. The van der Waals surface area contributed by atoms with E-state index in [4.69, 9.17) is 4.74 Å². The molecule has 0 radical (unpaired) electrons. The van der Waals surface area contributed by atoms with Crippen molar-refractivity contribution in [2.24, 2.45) is 0 Å². The number of nitrogens with zero attached hydrogens (tertiary/aromatic N) is 1. The van der Waals surface area contributed by atoms with Gasteiger partial charge in [0.25, 0.3) is 10.0 Å². The number of rotatable bonds is 0. The predicted molar refractivity (Wildman–Crippen MR) is 110 cm³/mol. The van der Waals surface area contributed by atoms with Gasteiger partial charge < -0.3 is 9.84 Å². The summed E-state index contributed by atoms with van der Waals surface area (Å²) in [5.41, 5.74) is -3.85. The lowest BCUT2D eigenvalue weighted by Gasteiger charge is -2.15. The number of carbonyl (C=O) groups is 1. The molecule has 4 rings (SSSR count). The molecule has 0 unspecified atom stereocenters. The van der Waals surface area contributed by atoms with Crippen molar-refractivity contribution in [1.82, 2.24) is 4.98 Å². The number of ether oxygens (including phenoxy) is 1. The summed E-state index contributed by atoms with van der Waals surface area (Å²) in [4.78, 5) is 15.1. The Bertz CT molecular complexity index is 1460. The van der Waals surface area contributed by atoms with Gasteiger partial charge in [-0.25, -0.2) is 27.0 Å². The average molecular weight is 565 g/mol. The van der Waals surface area contributed by atoms with Crippen molar-refractivity contribution in [2.45, 2.75) is 17.7 Å². The van der Waals surface area contributed by atoms with E-state index in [1.807, 2.05) is 4.72 Å². The fourth-order valence-electron chi connectivity index (χ4n) is 3.16. The third-order valence-corrected chi connectivity index (χ3v) is 6.73. The zero-order valence-electron chi connectivity index (χ0n) is 16.4. The number of aromatic hydroxyl groups is 1. The highest BCUT2D eigenvalue weighted by Crippen LogP contribution is 2.37. The van der Waals surface area contributed by atoms with Crippen LogP contribution in [0.15, 0.2) is 45.8 Å². The Morgan fingerprint density at radius 2 is 1.76 bits per heavy atom. The normalized spacial score (nSPS) is 15.2. The van der Waals surface area contributed by atoms with Crippen LogP contribution >= 0.6 is 15.9 Å². The third kappa shape index (κ3) is 4.30. The number of phenols is 1. The molecule has 0 fully saturated rings. The number of cyclic esters (lactones) is 1. The van der Waals surface area contributed by atoms with Crippen molar-refractivity contribution in [2.75, 3.05) is 4.72 Å². The molecule has 0 saturated carbocycles. The Kier molecular flexibility index (Phi) is 5.76. The number of halogens is 6. The Labute approximate surface area is 196 Å². The lowest BCUT2D eigenvalue weighted by molar-refractivity contribution is -0.141. The van der Waals surface area contributed by atoms with Gasteiger partial charge in [0.2, 0.25) is 0 Å². The molecule has 178 valence electrons. The first-order valence-electron chi connectivity index (χ1n) is 9.07. The monoisotopic (exact) mass is 564 g/mol. The largest absolute Gasteiger partial charge is 0.505 e. The molecule has 1 aliphatic heterocycles. The molecule has 2 aromatic carbocycles. The van der Waals surface area contributed by atoms with E-state index in [0.717, 1.165) is 18.2 Å². The molecule has 0 amide bonds. The fraction of sp³-hybridized carbons (Fsp3) is 0.100. The molecule has 4 bridgehead atoms. The maximum atomic E-state index is 14.6. The van der Waals surface area contributed by atoms with Gasteiger partial charge in [-0.1, -0.05) is 6.07 Å². The SMILES string of the molecule is O=C1OCc2nc(C(F)(F)F)ccc2-c2cc(c(F)cc2F)NS(=O)(=O)c2cc1cc(Br)c2O. The second kappa shape index (κ2) is 8.20. The maximum Gasteiger partial charge on any atom is 0.433 e. The van der Waals surface area contributed by atoms with Crippen molar-refractivity contribution in [3.05, 3.63) is 69.5 Å². The summed E-state index contributed by atoms with van der Waals surface area (Å²) >= 11 is 2.89. The fourth-order valence-corrected chi connectivity index (χ4v) is 4.96. The summed E-state index contributed by atoms with van der Waals surface area (Å²) in [5, 5.41) is 10.2. The lowest BCUT2D eigenvalue weighted by Crippen LogP contribution is -2.16. The summed E-state index contributed by atoms with van der Waals surface area (Å²) in [6, 6.07) is 4.17. The van der Waals surface area contributed by atoms with Crippen molar-refractivity contribution in [3.63, 3.8) is 0 Å². The zero-order chi connectivity index (χ0) is 25.0. The first-order valence-corrected chi connectivity index (χ1v) is 11.3. The number of alkyl halides is 3. The van der Waals surface area contributed by atoms with Gasteiger partial charge in [-0.2, -0.15) is 13.2 Å². The Morgan fingerprint density at radius 1 is 1.06 bits per heavy atom. The number of hydrogen-bond donors (Lipinski definition) is 2. The summed E-state index contributed by atoms with van der Waals surface area (Å²) < 4.78 is 101. The number of anilines is 1. The minimum Gasteiger partial charge on any atom is -0.505 e. The van der Waals surface area contributed by atoms with Crippen molar-refractivity contribution in [1.29, 1.82) is 0 Å². The van der Waals surface area contributed by atoms with E-state index in [-0.39, 0.29) is 10.0 Å². The zero-order valence-corrected chi connectivity index (χ0v) is 18.8. The number of benzene rings is 2. The van der Waals surface area contributed by atoms with Crippen LogP contribution in [0.3, 0.4) is 0 Å². The molecule has 2 heterocycles. The Hall–Kier alpha value is -3.26. The second-order valence-electron chi connectivity index (χ2n) is 6.99. The van der Waals surface area contributed by atoms with Crippen LogP contribution in [-0.2, 0) is 27.5 Å². The second-order valence-corrected chi connectivity index (χ2v) is 9.49. The van der Waals surface area contributed by atoms with Crippen molar-refractivity contribution in [3.8, 4) is 16.9 Å². The van der Waals surface area contributed by atoms with E-state index >= 15 is 0 Å². The van der Waals surface area contributed by atoms with E-state index in [1.54, 1.807) is 0 Å². The van der Waals surface area contributed by atoms with Gasteiger partial charge >= 0.3 is 12.1 Å².